The molecule has 24 heavy (non-hydrogen) atoms. The summed E-state index contributed by atoms with van der Waals surface area (Å²) in [5.74, 6) is -0.488. The molecule has 0 aromatic carbocycles. The summed E-state index contributed by atoms with van der Waals surface area (Å²) < 4.78 is 4.51. The molecule has 0 saturated heterocycles. The fraction of sp³-hybridized carbons (Fsp3) is 0.294. The second-order valence-electron chi connectivity index (χ2n) is 4.92. The van der Waals surface area contributed by atoms with Gasteiger partial charge in [0.15, 0.2) is 0 Å². The van der Waals surface area contributed by atoms with Gasteiger partial charge in [-0.1, -0.05) is 0 Å². The molecule has 126 valence electrons. The molecule has 0 saturated carbocycles. The van der Waals surface area contributed by atoms with Crippen LogP contribution in [0.4, 0.5) is 0 Å². The van der Waals surface area contributed by atoms with Crippen molar-refractivity contribution in [1.29, 1.82) is 5.26 Å². The molecular formula is C17H19N3O4. The van der Waals surface area contributed by atoms with E-state index in [4.69, 9.17) is 15.5 Å². The van der Waals surface area contributed by atoms with Gasteiger partial charge in [-0.25, -0.2) is 14.8 Å². The molecule has 0 radical (unpaired) electrons. The third-order valence-electron chi connectivity index (χ3n) is 2.90. The van der Waals surface area contributed by atoms with Gasteiger partial charge in [0.1, 0.15) is 17.5 Å². The number of rotatable bonds is 3. The van der Waals surface area contributed by atoms with Gasteiger partial charge in [0, 0.05) is 11.4 Å². The summed E-state index contributed by atoms with van der Waals surface area (Å²) in [4.78, 5) is 19.0. The minimum Gasteiger partial charge on any atom is -0.464 e. The third kappa shape index (κ3) is 5.76. The zero-order valence-corrected chi connectivity index (χ0v) is 13.8. The van der Waals surface area contributed by atoms with E-state index in [1.165, 1.54) is 13.2 Å². The number of aliphatic hydroxyl groups is 2. The largest absolute Gasteiger partial charge is 0.464 e. The maximum absolute atomic E-state index is 11.1. The van der Waals surface area contributed by atoms with Gasteiger partial charge in [-0.05, 0) is 49.2 Å². The van der Waals surface area contributed by atoms with Crippen LogP contribution < -0.4 is 0 Å². The Bertz CT molecular complexity index is 754. The minimum atomic E-state index is -0.488. The van der Waals surface area contributed by atoms with Crippen LogP contribution in [0.3, 0.4) is 0 Å². The number of hydrogen-bond acceptors (Lipinski definition) is 7. The topological polar surface area (TPSA) is 116 Å². The van der Waals surface area contributed by atoms with Crippen molar-refractivity contribution in [3.63, 3.8) is 0 Å². The van der Waals surface area contributed by atoms with Crippen molar-refractivity contribution >= 4 is 5.97 Å². The van der Waals surface area contributed by atoms with Gasteiger partial charge in [0.05, 0.1) is 20.3 Å². The van der Waals surface area contributed by atoms with E-state index in [0.29, 0.717) is 17.0 Å². The molecule has 7 nitrogen and oxygen atoms in total. The second kappa shape index (κ2) is 9.35. The Kier molecular flexibility index (Phi) is 7.49. The Labute approximate surface area is 140 Å². The molecule has 7 heteroatoms. The minimum absolute atomic E-state index is 0.0436. The lowest BCUT2D eigenvalue weighted by molar-refractivity contribution is 0.0593. The van der Waals surface area contributed by atoms with Crippen LogP contribution in [0, 0.1) is 25.2 Å². The van der Waals surface area contributed by atoms with Crippen molar-refractivity contribution in [2.24, 2.45) is 0 Å². The molecule has 2 heterocycles. The normalized spacial score (nSPS) is 9.50. The SMILES string of the molecule is COC(=O)c1cc(CO)cc(C)n1.Cc1cc(CO)cc(C#N)n1. The molecule has 0 atom stereocenters. The van der Waals surface area contributed by atoms with Crippen molar-refractivity contribution in [2.45, 2.75) is 27.1 Å². The van der Waals surface area contributed by atoms with Crippen molar-refractivity contribution in [3.8, 4) is 6.07 Å². The van der Waals surface area contributed by atoms with Crippen molar-refractivity contribution in [1.82, 2.24) is 9.97 Å². The van der Waals surface area contributed by atoms with Gasteiger partial charge in [-0.3, -0.25) is 0 Å². The Hall–Kier alpha value is -2.82. The zero-order valence-electron chi connectivity index (χ0n) is 13.8. The lowest BCUT2D eigenvalue weighted by Crippen LogP contribution is -2.06. The molecule has 0 unspecified atom stereocenters. The van der Waals surface area contributed by atoms with Gasteiger partial charge >= 0.3 is 5.97 Å². The van der Waals surface area contributed by atoms with E-state index in [2.05, 4.69) is 14.7 Å². The van der Waals surface area contributed by atoms with Gasteiger partial charge in [0.2, 0.25) is 0 Å². The van der Waals surface area contributed by atoms with Crippen molar-refractivity contribution < 1.29 is 19.7 Å². The number of hydrogen-bond donors (Lipinski definition) is 2. The first-order chi connectivity index (χ1) is 11.4. The lowest BCUT2D eigenvalue weighted by Gasteiger charge is -2.02. The van der Waals surface area contributed by atoms with E-state index >= 15 is 0 Å². The first-order valence-corrected chi connectivity index (χ1v) is 7.08. The van der Waals surface area contributed by atoms with E-state index in [0.717, 1.165) is 11.3 Å². The number of carbonyl (C=O) groups excluding carboxylic acids is 1. The Morgan fingerprint density at radius 1 is 1.08 bits per heavy atom. The molecule has 0 amide bonds. The van der Waals surface area contributed by atoms with E-state index < -0.39 is 5.97 Å². The number of aromatic nitrogens is 2. The molecule has 0 aliphatic carbocycles. The average Bonchev–Trinajstić information content (AvgIpc) is 2.60. The Morgan fingerprint density at radius 2 is 1.62 bits per heavy atom. The standard InChI is InChI=1S/C9H11NO3.C8H8N2O/c1-6-3-7(5-11)4-8(10-6)9(12)13-2;1-6-2-7(5-11)3-8(4-9)10-6/h3-4,11H,5H2,1-2H3;2-3,11H,5H2,1H3. The number of pyridine rings is 2. The molecule has 2 rings (SSSR count). The molecule has 2 aromatic rings. The first kappa shape index (κ1) is 19.2. The van der Waals surface area contributed by atoms with E-state index in [1.54, 1.807) is 32.0 Å². The summed E-state index contributed by atoms with van der Waals surface area (Å²) in [5, 5.41) is 26.1. The van der Waals surface area contributed by atoms with Crippen molar-refractivity contribution in [2.75, 3.05) is 7.11 Å². The summed E-state index contributed by atoms with van der Waals surface area (Å²) >= 11 is 0. The van der Waals surface area contributed by atoms with Crippen molar-refractivity contribution in [3.05, 3.63) is 58.2 Å². The molecule has 0 aliphatic heterocycles. The molecule has 0 spiro atoms. The molecule has 2 N–H and O–H groups in total. The van der Waals surface area contributed by atoms with E-state index in [1.807, 2.05) is 6.07 Å². The molecule has 0 bridgehead atoms. The highest BCUT2D eigenvalue weighted by Gasteiger charge is 2.08. The summed E-state index contributed by atoms with van der Waals surface area (Å²) in [6.45, 7) is 3.40. The summed E-state index contributed by atoms with van der Waals surface area (Å²) in [7, 11) is 1.30. The van der Waals surface area contributed by atoms with Crippen LogP contribution >= 0.6 is 0 Å². The number of carbonyl (C=O) groups is 1. The monoisotopic (exact) mass is 329 g/mol. The predicted octanol–water partition coefficient (Wildman–Crippen LogP) is 1.42. The number of esters is 1. The predicted molar refractivity (Wildman–Crippen MR) is 85.8 cm³/mol. The van der Waals surface area contributed by atoms with Gasteiger partial charge in [-0.15, -0.1) is 0 Å². The fourth-order valence-corrected chi connectivity index (χ4v) is 1.93. The number of nitriles is 1. The van der Waals surface area contributed by atoms with Gasteiger partial charge < -0.3 is 14.9 Å². The number of nitrogens with zero attached hydrogens (tertiary/aromatic N) is 3. The Balaban J connectivity index is 0.000000243. The summed E-state index contributed by atoms with van der Waals surface area (Å²) in [6, 6.07) is 8.47. The highest BCUT2D eigenvalue weighted by Crippen LogP contribution is 2.06. The number of ether oxygens (including phenoxy) is 1. The Morgan fingerprint density at radius 3 is 2.12 bits per heavy atom. The number of aryl methyl sites for hydroxylation is 2. The number of methoxy groups -OCH3 is 1. The summed E-state index contributed by atoms with van der Waals surface area (Å²) in [5.41, 5.74) is 3.42. The van der Waals surface area contributed by atoms with Crippen LogP contribution in [0.5, 0.6) is 0 Å². The average molecular weight is 329 g/mol. The van der Waals surface area contributed by atoms with E-state index in [9.17, 15) is 4.79 Å². The van der Waals surface area contributed by atoms with Gasteiger partial charge in [-0.2, -0.15) is 5.26 Å². The van der Waals surface area contributed by atoms with Crippen LogP contribution in [0.25, 0.3) is 0 Å². The summed E-state index contributed by atoms with van der Waals surface area (Å²) in [6.07, 6.45) is 0. The number of aliphatic hydroxyl groups excluding tert-OH is 2. The van der Waals surface area contributed by atoms with Crippen LogP contribution in [-0.2, 0) is 18.0 Å². The molecule has 2 aromatic heterocycles. The maximum Gasteiger partial charge on any atom is 0.356 e. The van der Waals surface area contributed by atoms with Crippen LogP contribution in [0.2, 0.25) is 0 Å². The lowest BCUT2D eigenvalue weighted by atomic mass is 10.2. The van der Waals surface area contributed by atoms with Crippen LogP contribution in [-0.4, -0.2) is 33.3 Å². The third-order valence-corrected chi connectivity index (χ3v) is 2.90. The molecular weight excluding hydrogens is 310 g/mol. The van der Waals surface area contributed by atoms with Gasteiger partial charge in [0.25, 0.3) is 0 Å². The smallest absolute Gasteiger partial charge is 0.356 e. The van der Waals surface area contributed by atoms with Crippen LogP contribution in [0.1, 0.15) is 38.7 Å². The zero-order chi connectivity index (χ0) is 18.1. The van der Waals surface area contributed by atoms with Crippen LogP contribution in [0.15, 0.2) is 24.3 Å². The molecule has 0 fully saturated rings. The quantitative estimate of drug-likeness (QED) is 0.818. The highest BCUT2D eigenvalue weighted by molar-refractivity contribution is 5.87. The maximum atomic E-state index is 11.1. The second-order valence-corrected chi connectivity index (χ2v) is 4.92. The fourth-order valence-electron chi connectivity index (χ4n) is 1.93. The highest BCUT2D eigenvalue weighted by atomic mass is 16.5. The first-order valence-electron chi connectivity index (χ1n) is 7.08. The van der Waals surface area contributed by atoms with E-state index in [-0.39, 0.29) is 18.9 Å². The molecule has 0 aliphatic rings.